The van der Waals surface area contributed by atoms with E-state index in [9.17, 15) is 0 Å². The molecule has 9 aromatic rings. The molecule has 1 fully saturated rings. The van der Waals surface area contributed by atoms with Crippen molar-refractivity contribution >= 4 is 49.6 Å². The van der Waals surface area contributed by atoms with Crippen molar-refractivity contribution in [2.75, 3.05) is 4.90 Å². The summed E-state index contributed by atoms with van der Waals surface area (Å²) >= 11 is 0. The van der Waals surface area contributed by atoms with Gasteiger partial charge in [0.2, 0.25) is 0 Å². The number of benzene rings is 8. The molecule has 0 saturated heterocycles. The highest BCUT2D eigenvalue weighted by atomic mass is 15.2. The van der Waals surface area contributed by atoms with E-state index in [1.807, 2.05) is 0 Å². The maximum Gasteiger partial charge on any atom is 0.0561 e. The van der Waals surface area contributed by atoms with Crippen molar-refractivity contribution in [3.63, 3.8) is 0 Å². The number of hydrogen-bond acceptors (Lipinski definition) is 1. The van der Waals surface area contributed by atoms with Crippen LogP contribution in [-0.4, -0.2) is 4.57 Å². The van der Waals surface area contributed by atoms with E-state index in [4.69, 9.17) is 0 Å². The van der Waals surface area contributed by atoms with E-state index >= 15 is 0 Å². The van der Waals surface area contributed by atoms with Gasteiger partial charge in [0.05, 0.1) is 22.4 Å². The molecule has 0 amide bonds. The first-order valence-electron chi connectivity index (χ1n) is 20.8. The monoisotopic (exact) mass is 734 g/mol. The Bertz CT molecular complexity index is 2970. The molecule has 1 saturated carbocycles. The van der Waals surface area contributed by atoms with E-state index in [1.165, 1.54) is 115 Å². The van der Waals surface area contributed by atoms with Crippen LogP contribution in [0.15, 0.2) is 176 Å². The summed E-state index contributed by atoms with van der Waals surface area (Å²) in [5.74, 6) is 0.588. The zero-order chi connectivity index (χ0) is 38.1. The van der Waals surface area contributed by atoms with Crippen molar-refractivity contribution in [3.05, 3.63) is 193 Å². The Labute approximate surface area is 335 Å². The summed E-state index contributed by atoms with van der Waals surface area (Å²) in [6.45, 7) is 4.76. The van der Waals surface area contributed by atoms with Crippen LogP contribution in [0.4, 0.5) is 17.1 Å². The third-order valence-corrected chi connectivity index (χ3v) is 13.2. The van der Waals surface area contributed by atoms with Crippen molar-refractivity contribution in [2.45, 2.75) is 57.3 Å². The Kier molecular flexibility index (Phi) is 7.96. The van der Waals surface area contributed by atoms with Crippen LogP contribution < -0.4 is 4.90 Å². The van der Waals surface area contributed by atoms with Crippen LogP contribution in [0.5, 0.6) is 0 Å². The minimum absolute atomic E-state index is 0.124. The Morgan fingerprint density at radius 3 is 2.02 bits per heavy atom. The summed E-state index contributed by atoms with van der Waals surface area (Å²) in [6, 6.07) is 65.9. The average Bonchev–Trinajstić information content (AvgIpc) is 3.72. The molecule has 2 nitrogen and oxygen atoms in total. The lowest BCUT2D eigenvalue weighted by molar-refractivity contribution is 0.445. The normalized spacial score (nSPS) is 14.9. The molecule has 0 unspecified atom stereocenters. The second kappa shape index (κ2) is 13.4. The molecule has 57 heavy (non-hydrogen) atoms. The Balaban J connectivity index is 1.22. The molecular formula is C55H46N2. The number of para-hydroxylation sites is 3. The number of aromatic nitrogens is 1. The molecule has 0 atom stereocenters. The van der Waals surface area contributed by atoms with Crippen molar-refractivity contribution in [2.24, 2.45) is 0 Å². The van der Waals surface area contributed by atoms with Gasteiger partial charge in [-0.1, -0.05) is 167 Å². The van der Waals surface area contributed by atoms with E-state index in [0.717, 1.165) is 11.4 Å². The second-order valence-corrected chi connectivity index (χ2v) is 16.7. The maximum absolute atomic E-state index is 2.57. The number of fused-ring (bicyclic) bond motifs is 7. The van der Waals surface area contributed by atoms with Crippen LogP contribution in [-0.2, 0) is 5.41 Å². The van der Waals surface area contributed by atoms with Crippen molar-refractivity contribution in [1.29, 1.82) is 0 Å². The summed E-state index contributed by atoms with van der Waals surface area (Å²) in [7, 11) is 0. The van der Waals surface area contributed by atoms with Crippen LogP contribution in [0.1, 0.15) is 68.6 Å². The molecule has 2 heteroatoms. The molecule has 1 heterocycles. The molecule has 1 aromatic heterocycles. The van der Waals surface area contributed by atoms with Gasteiger partial charge in [-0.05, 0) is 99.8 Å². The number of anilines is 3. The molecule has 0 radical (unpaired) electrons. The molecule has 0 bridgehead atoms. The zero-order valence-electron chi connectivity index (χ0n) is 32.8. The predicted octanol–water partition coefficient (Wildman–Crippen LogP) is 15.4. The number of hydrogen-bond donors (Lipinski definition) is 0. The third-order valence-electron chi connectivity index (χ3n) is 13.2. The predicted molar refractivity (Wildman–Crippen MR) is 242 cm³/mol. The topological polar surface area (TPSA) is 8.17 Å². The molecule has 2 aliphatic rings. The summed E-state index contributed by atoms with van der Waals surface area (Å²) in [5, 5.41) is 5.24. The third kappa shape index (κ3) is 5.31. The molecule has 0 aliphatic heterocycles. The van der Waals surface area contributed by atoms with Gasteiger partial charge >= 0.3 is 0 Å². The summed E-state index contributed by atoms with van der Waals surface area (Å²) < 4.78 is 2.44. The van der Waals surface area contributed by atoms with Crippen LogP contribution in [0.3, 0.4) is 0 Å². The molecule has 0 spiro atoms. The molecule has 11 rings (SSSR count). The van der Waals surface area contributed by atoms with Gasteiger partial charge in [0.25, 0.3) is 0 Å². The smallest absolute Gasteiger partial charge is 0.0561 e. The van der Waals surface area contributed by atoms with Gasteiger partial charge in [0, 0.05) is 38.7 Å². The average molecular weight is 735 g/mol. The minimum atomic E-state index is -0.124. The highest BCUT2D eigenvalue weighted by Gasteiger charge is 2.38. The van der Waals surface area contributed by atoms with Gasteiger partial charge in [0.15, 0.2) is 0 Å². The SMILES string of the molecule is CC1(C)c2ccccc2-c2c(N(c3ccc4c5ccccc5n(-c5ccccc5)c4c3)c3ccccc3-c3cccc4cccc(C5CCCCC5)c34)cccc21. The Morgan fingerprint density at radius 1 is 0.509 bits per heavy atom. The lowest BCUT2D eigenvalue weighted by Crippen LogP contribution is -2.16. The second-order valence-electron chi connectivity index (χ2n) is 16.7. The first kappa shape index (κ1) is 33.9. The van der Waals surface area contributed by atoms with Gasteiger partial charge in [-0.25, -0.2) is 0 Å². The quantitative estimate of drug-likeness (QED) is 0.165. The van der Waals surface area contributed by atoms with Crippen molar-refractivity contribution in [3.8, 4) is 27.9 Å². The molecule has 0 N–H and O–H groups in total. The molecule has 2 aliphatic carbocycles. The Hall–Kier alpha value is -6.38. The highest BCUT2D eigenvalue weighted by molar-refractivity contribution is 6.11. The molecule has 8 aromatic carbocycles. The summed E-state index contributed by atoms with van der Waals surface area (Å²) in [5.41, 5.74) is 16.4. The van der Waals surface area contributed by atoms with Crippen molar-refractivity contribution < 1.29 is 0 Å². The fourth-order valence-corrected chi connectivity index (χ4v) is 10.5. The summed E-state index contributed by atoms with van der Waals surface area (Å²) in [4.78, 5) is 2.57. The first-order valence-corrected chi connectivity index (χ1v) is 20.8. The fraction of sp³-hybridized carbons (Fsp3) is 0.164. The van der Waals surface area contributed by atoms with Crippen molar-refractivity contribution in [1.82, 2.24) is 4.57 Å². The lowest BCUT2D eigenvalue weighted by atomic mass is 9.80. The maximum atomic E-state index is 2.57. The van der Waals surface area contributed by atoms with Crippen LogP contribution in [0.25, 0.3) is 60.5 Å². The van der Waals surface area contributed by atoms with Gasteiger partial charge in [-0.3, -0.25) is 0 Å². The van der Waals surface area contributed by atoms with Gasteiger partial charge < -0.3 is 9.47 Å². The molecule has 276 valence electrons. The largest absolute Gasteiger partial charge is 0.309 e. The van der Waals surface area contributed by atoms with Crippen LogP contribution >= 0.6 is 0 Å². The van der Waals surface area contributed by atoms with Gasteiger partial charge in [-0.2, -0.15) is 0 Å². The number of nitrogens with zero attached hydrogens (tertiary/aromatic N) is 2. The molecular weight excluding hydrogens is 689 g/mol. The van der Waals surface area contributed by atoms with E-state index in [1.54, 1.807) is 0 Å². The van der Waals surface area contributed by atoms with Gasteiger partial charge in [-0.15, -0.1) is 0 Å². The van der Waals surface area contributed by atoms with Crippen LogP contribution in [0, 0.1) is 0 Å². The lowest BCUT2D eigenvalue weighted by Gasteiger charge is -2.31. The fourth-order valence-electron chi connectivity index (χ4n) is 10.5. The van der Waals surface area contributed by atoms with Crippen LogP contribution in [0.2, 0.25) is 0 Å². The van der Waals surface area contributed by atoms with E-state index < -0.39 is 0 Å². The minimum Gasteiger partial charge on any atom is -0.309 e. The van der Waals surface area contributed by atoms with E-state index in [0.29, 0.717) is 5.92 Å². The van der Waals surface area contributed by atoms with Gasteiger partial charge in [0.1, 0.15) is 0 Å². The standard InChI is InChI=1S/C55H46N2/c1-55(2)47-29-12-9-26-46(47)54-48(55)30-17-33-51(54)57(40-34-35-44-42-24-10-13-31-49(42)56(52(44)36-40)39-22-7-4-8-23-39)50-32-14-11-25-43(50)45-28-16-21-38-20-15-27-41(53(38)45)37-18-5-3-6-19-37/h4,7-17,20-37H,3,5-6,18-19H2,1-2H3. The highest BCUT2D eigenvalue weighted by Crippen LogP contribution is 2.55. The summed E-state index contributed by atoms with van der Waals surface area (Å²) in [6.07, 6.45) is 6.50. The van der Waals surface area contributed by atoms with E-state index in [2.05, 4.69) is 199 Å². The zero-order valence-corrected chi connectivity index (χ0v) is 32.8. The van der Waals surface area contributed by atoms with E-state index in [-0.39, 0.29) is 5.41 Å². The Morgan fingerprint density at radius 2 is 1.16 bits per heavy atom. The number of rotatable bonds is 6. The first-order chi connectivity index (χ1) is 28.1.